The summed E-state index contributed by atoms with van der Waals surface area (Å²) >= 11 is 18.9. The Morgan fingerprint density at radius 2 is 0.873 bits per heavy atom. The number of hydrogen-bond acceptors (Lipinski definition) is 7. The van der Waals surface area contributed by atoms with Crippen LogP contribution in [0.4, 0.5) is 0 Å². The van der Waals surface area contributed by atoms with E-state index in [2.05, 4.69) is 97.0 Å². The molecule has 0 aromatic carbocycles. The summed E-state index contributed by atoms with van der Waals surface area (Å²) in [5.74, 6) is -0.751. The summed E-state index contributed by atoms with van der Waals surface area (Å²) in [6, 6.07) is 0. The minimum Gasteiger partial charge on any atom is 0 e. The first-order valence-corrected chi connectivity index (χ1v) is 46.5. The van der Waals surface area contributed by atoms with Crippen LogP contribution in [0.25, 0.3) is 0 Å². The first-order valence-electron chi connectivity index (χ1n) is 13.6. The summed E-state index contributed by atoms with van der Waals surface area (Å²) < 4.78 is 6.10. The number of rotatable bonds is 2. The van der Waals surface area contributed by atoms with Crippen molar-refractivity contribution in [2.45, 2.75) is 76.8 Å². The molecule has 0 amide bonds. The Morgan fingerprint density at radius 3 is 1.02 bits per heavy atom. The van der Waals surface area contributed by atoms with E-state index >= 15 is 0 Å². The van der Waals surface area contributed by atoms with E-state index in [-0.39, 0.29) is 109 Å². The number of likely N-dealkylation sites (tertiary alicyclic amines) is 2. The number of carboxylic acid groups (broad SMARTS) is 1. The topological polar surface area (TPSA) is 70.1 Å². The number of aliphatic carboxylic acids is 1. The average Bonchev–Trinajstić information content (AvgIpc) is 3.00. The van der Waals surface area contributed by atoms with Gasteiger partial charge < -0.3 is 27.1 Å². The summed E-state index contributed by atoms with van der Waals surface area (Å²) in [6.45, 7) is 22.6. The fourth-order valence-electron chi connectivity index (χ4n) is 3.10. The summed E-state index contributed by atoms with van der Waals surface area (Å²) in [5.41, 5.74) is -1.11. The van der Waals surface area contributed by atoms with E-state index in [1.807, 2.05) is 74.4 Å². The molecule has 2 rings (SSSR count). The number of carbonyl (C=O) groups excluding carboxylic acids is 1. The van der Waals surface area contributed by atoms with Gasteiger partial charge in [0.2, 0.25) is 0 Å². The number of esters is 1. The molecule has 335 valence electrons. The molecule has 1 N–H and O–H groups in total. The third kappa shape index (κ3) is 65.0. The van der Waals surface area contributed by atoms with Crippen molar-refractivity contribution in [2.24, 2.45) is 10.8 Å². The van der Waals surface area contributed by atoms with Crippen LogP contribution < -0.4 is 0 Å². The van der Waals surface area contributed by atoms with Crippen LogP contribution in [-0.4, -0.2) is 74.7 Å². The van der Waals surface area contributed by atoms with Gasteiger partial charge in [-0.3, -0.25) is 9.59 Å². The van der Waals surface area contributed by atoms with Crippen LogP contribution in [0.1, 0.15) is 69.2 Å². The fraction of sp³-hybridized carbons (Fsp3) is 0.870. The summed E-state index contributed by atoms with van der Waals surface area (Å²) in [7, 11) is 29.9. The van der Waals surface area contributed by atoms with Gasteiger partial charge in [0.05, 0.1) is 12.8 Å². The van der Waals surface area contributed by atoms with E-state index in [9.17, 15) is 9.59 Å². The van der Waals surface area contributed by atoms with Crippen LogP contribution in [0.2, 0.25) is 0 Å². The van der Waals surface area contributed by atoms with Gasteiger partial charge >= 0.3 is 61.4 Å². The first kappa shape index (κ1) is 87.0. The molecule has 0 spiro atoms. The molecule has 0 atom stereocenters. The summed E-state index contributed by atoms with van der Waals surface area (Å²) in [5, 5.41) is 8.58. The Bertz CT molecular complexity index is 1560. The molecule has 2 saturated heterocycles. The molecule has 0 radical (unpaired) electrons. The molecule has 0 aliphatic carbocycles. The van der Waals surface area contributed by atoms with Gasteiger partial charge in [-0.2, -0.15) is 0 Å². The molecule has 2 heterocycles. The molecule has 0 bridgehead atoms. The van der Waals surface area contributed by atoms with Crippen LogP contribution in [0.15, 0.2) is 0 Å². The van der Waals surface area contributed by atoms with E-state index in [1.54, 1.807) is 122 Å². The van der Waals surface area contributed by atoms with Crippen LogP contribution in [-0.2, 0) is 264 Å². The molecule has 55 heavy (non-hydrogen) atoms. The van der Waals surface area contributed by atoms with Crippen molar-refractivity contribution >= 4 is 253 Å². The zero-order valence-electron chi connectivity index (χ0n) is 32.0. The molecule has 0 aromatic rings. The Labute approximate surface area is 499 Å². The second kappa shape index (κ2) is 60.9. The van der Waals surface area contributed by atoms with E-state index in [0.29, 0.717) is 22.6 Å². The van der Waals surface area contributed by atoms with Crippen LogP contribution in [0, 0.1) is 18.3 Å². The number of ether oxygens (including phenoxy) is 1. The average molecular weight is 2260 g/mol. The second-order valence-corrected chi connectivity index (χ2v) is 54.3. The van der Waals surface area contributed by atoms with E-state index < -0.39 is 11.4 Å². The minimum absolute atomic E-state index is 0. The molecule has 2 fully saturated rings. The zero-order valence-corrected chi connectivity index (χ0v) is 67.6. The van der Waals surface area contributed by atoms with Gasteiger partial charge in [-0.25, -0.2) is 0 Å². The number of carboxylic acids is 1. The number of alkyl halides is 2. The van der Waals surface area contributed by atoms with Gasteiger partial charge in [-0.1, -0.05) is 72.9 Å². The Morgan fingerprint density at radius 1 is 0.673 bits per heavy atom. The maximum absolute atomic E-state index is 11.7. The number of carbonyl (C=O) groups is 2. The van der Waals surface area contributed by atoms with Crippen molar-refractivity contribution < 1.29 is 113 Å². The predicted octanol–water partition coefficient (Wildman–Crippen LogP) is 7.73. The maximum atomic E-state index is 11.7. The van der Waals surface area contributed by atoms with Crippen molar-refractivity contribution in [1.82, 2.24) is 9.80 Å². The Hall–Kier alpha value is 8.86. The van der Waals surface area contributed by atoms with Gasteiger partial charge in [-0.05, 0) is 55.6 Å². The van der Waals surface area contributed by atoms with Crippen LogP contribution in [0.5, 0.6) is 0 Å². The van der Waals surface area contributed by atoms with Gasteiger partial charge in [0.25, 0.3) is 0 Å². The number of nitrogens with zero attached hydrogens (tertiary/aromatic N) is 2. The van der Waals surface area contributed by atoms with Crippen LogP contribution in [0.3, 0.4) is 0 Å². The van der Waals surface area contributed by atoms with Gasteiger partial charge in [0.15, 0.2) is 0 Å². The number of hydrogen-bond donors (Lipinski definition) is 1. The Balaban J connectivity index is -0.0000000597. The summed E-state index contributed by atoms with van der Waals surface area (Å²) in [6.07, 6.45) is 0. The smallest absolute Gasteiger partial charge is 0 e. The Kier molecular flexibility index (Phi) is 96.3. The zero-order chi connectivity index (χ0) is 40.2. The number of halogens is 4. The van der Waals surface area contributed by atoms with Gasteiger partial charge in [-0.15, -0.1) is 0 Å². The minimum atomic E-state index is -0.680. The van der Waals surface area contributed by atoms with Crippen molar-refractivity contribution in [3.05, 3.63) is 7.43 Å². The van der Waals surface area contributed by atoms with Crippen LogP contribution >= 0.6 is 85.1 Å². The van der Waals surface area contributed by atoms with E-state index in [4.69, 9.17) is 32.2 Å². The normalized spacial score (nSPS) is 12.7. The largest absolute Gasteiger partial charge is 0 e. The SMILES string of the molecule is CC.CC.CC(I)I.CN1CC(C)(C(=O)O)C1.CN1CC(C)(C(=O)OC(C)(C)C)C1.S=S=S=S=S=S=S=S=S=S=S=S=S=S=S=S=S.[CH3-].[I][V][I].[W].[W].[W].[W]. The van der Waals surface area contributed by atoms with E-state index in [1.165, 1.54) is 17.8 Å². The quantitative estimate of drug-likeness (QED) is 0.131. The third-order valence-electron chi connectivity index (χ3n) is 4.27. The molecule has 6 nitrogen and oxygen atoms in total. The molecular weight excluding hydrogens is 2210 g/mol. The predicted molar refractivity (Wildman–Crippen MR) is 305 cm³/mol. The molecule has 2 aliphatic rings. The molecule has 0 saturated carbocycles. The fourth-order valence-corrected chi connectivity index (χ4v) is 38.8. The molecular formula is C23H49I4N2O4S17VW4-. The van der Waals surface area contributed by atoms with Crippen molar-refractivity contribution in [2.75, 3.05) is 40.3 Å². The monoisotopic (exact) mass is 2260 g/mol. The molecule has 0 unspecified atom stereocenters. The van der Waals surface area contributed by atoms with Crippen molar-refractivity contribution in [1.29, 1.82) is 0 Å². The van der Waals surface area contributed by atoms with E-state index in [0.717, 1.165) is 15.0 Å². The molecule has 2 aliphatic heterocycles. The molecule has 32 heteroatoms. The second-order valence-electron chi connectivity index (χ2n) is 9.88. The van der Waals surface area contributed by atoms with Crippen molar-refractivity contribution in [3.63, 3.8) is 0 Å². The first-order chi connectivity index (χ1) is 23.3. The standard InChI is InChI=1S/C10H19NO2.C6H11NO2.C2H4I2.2C2H6.CH3.2HI.S17.V.4W/c1-9(2,3)13-8(12)10(4)6-11(5)7-10;1-6(5(8)9)3-7(2)4-6;1-2(3)4;2*1-2;;;;1-3-5-7-9-11-13-15-17-16-14-12-10-8-6-4-2;;;;;/h6-7H2,1-5H3;3-4H2,1-2H3,(H,8,9);2H,1H3;2*1-2H3;1H3;2*1H;;;;;;/q;;;;;-1;;;;+2;;;;/p-2. The van der Waals surface area contributed by atoms with Gasteiger partial charge in [0, 0.05) is 266 Å². The maximum Gasteiger partial charge on any atom is 0 e. The molecule has 0 aromatic heterocycles. The summed E-state index contributed by atoms with van der Waals surface area (Å²) in [4.78, 5) is 26.2. The third-order valence-corrected chi connectivity index (χ3v) is 35.4. The van der Waals surface area contributed by atoms with Crippen molar-refractivity contribution in [3.8, 4) is 0 Å². The van der Waals surface area contributed by atoms with Gasteiger partial charge in [0.1, 0.15) is 5.60 Å².